The Labute approximate surface area is 146 Å². The number of pyridine rings is 1. The van der Waals surface area contributed by atoms with Crippen LogP contribution in [0, 0.1) is 0 Å². The molecule has 0 radical (unpaired) electrons. The van der Waals surface area contributed by atoms with Gasteiger partial charge < -0.3 is 20.4 Å². The van der Waals surface area contributed by atoms with Crippen LogP contribution in [-0.4, -0.2) is 37.6 Å². The molecule has 0 aliphatic heterocycles. The van der Waals surface area contributed by atoms with E-state index in [0.717, 1.165) is 5.56 Å². The fourth-order valence-electron chi connectivity index (χ4n) is 3.02. The monoisotopic (exact) mass is 349 g/mol. The van der Waals surface area contributed by atoms with Crippen LogP contribution < -0.4 is 10.9 Å². The maximum absolute atomic E-state index is 12.2. The van der Waals surface area contributed by atoms with Crippen LogP contribution in [0.15, 0.2) is 41.5 Å². The minimum absolute atomic E-state index is 0.0595. The lowest BCUT2D eigenvalue weighted by Crippen LogP contribution is -2.07. The lowest BCUT2D eigenvalue weighted by molar-refractivity contribution is 0.0699. The van der Waals surface area contributed by atoms with Crippen molar-refractivity contribution in [3.8, 4) is 11.3 Å². The van der Waals surface area contributed by atoms with Crippen LogP contribution in [0.2, 0.25) is 0 Å². The van der Waals surface area contributed by atoms with Crippen molar-refractivity contribution in [2.24, 2.45) is 0 Å². The van der Waals surface area contributed by atoms with Crippen LogP contribution in [0.25, 0.3) is 33.1 Å². The molecule has 0 saturated heterocycles. The number of aromatic carboxylic acids is 1. The zero-order chi connectivity index (χ0) is 18.3. The summed E-state index contributed by atoms with van der Waals surface area (Å²) in [6.45, 7) is 2.66. The number of hydrogen-bond acceptors (Lipinski definition) is 5. The highest BCUT2D eigenvalue weighted by Gasteiger charge is 2.17. The van der Waals surface area contributed by atoms with E-state index in [0.29, 0.717) is 34.5 Å². The molecule has 1 aromatic carbocycles. The molecule has 0 saturated carbocycles. The highest BCUT2D eigenvalue weighted by atomic mass is 16.4. The Morgan fingerprint density at radius 1 is 1.31 bits per heavy atom. The van der Waals surface area contributed by atoms with E-state index in [2.05, 4.69) is 25.3 Å². The predicted molar refractivity (Wildman–Crippen MR) is 98.6 cm³/mol. The smallest absolute Gasteiger partial charge is 0.337 e. The molecule has 4 rings (SSSR count). The first-order valence-electron chi connectivity index (χ1n) is 8.06. The Balaban J connectivity index is 2.00. The topological polar surface area (TPSA) is 124 Å². The Hall–Kier alpha value is -3.68. The number of anilines is 1. The van der Waals surface area contributed by atoms with E-state index in [4.69, 9.17) is 0 Å². The first-order chi connectivity index (χ1) is 12.6. The quantitative estimate of drug-likeness (QED) is 0.449. The molecule has 3 aromatic heterocycles. The van der Waals surface area contributed by atoms with Crippen LogP contribution in [0.1, 0.15) is 17.3 Å². The summed E-state index contributed by atoms with van der Waals surface area (Å²) in [5, 5.41) is 13.5. The van der Waals surface area contributed by atoms with Gasteiger partial charge in [0.25, 0.3) is 5.56 Å². The molecule has 0 atom stereocenters. The van der Waals surface area contributed by atoms with Gasteiger partial charge >= 0.3 is 5.97 Å². The van der Waals surface area contributed by atoms with Gasteiger partial charge in [-0.05, 0) is 25.1 Å². The average molecular weight is 349 g/mol. The van der Waals surface area contributed by atoms with Gasteiger partial charge in [0.1, 0.15) is 5.52 Å². The second-order valence-electron chi connectivity index (χ2n) is 5.77. The number of nitrogens with one attached hydrogen (secondary N) is 3. The van der Waals surface area contributed by atoms with Gasteiger partial charge in [-0.15, -0.1) is 0 Å². The third-order valence-corrected chi connectivity index (χ3v) is 4.16. The number of rotatable bonds is 4. The van der Waals surface area contributed by atoms with Gasteiger partial charge in [0.15, 0.2) is 0 Å². The van der Waals surface area contributed by atoms with E-state index >= 15 is 0 Å². The highest BCUT2D eigenvalue weighted by molar-refractivity contribution is 6.15. The number of aromatic amines is 2. The maximum Gasteiger partial charge on any atom is 0.337 e. The van der Waals surface area contributed by atoms with Gasteiger partial charge in [-0.2, -0.15) is 0 Å². The average Bonchev–Trinajstić information content (AvgIpc) is 3.08. The number of nitrogens with zero attached hydrogens (tertiary/aromatic N) is 2. The number of fused-ring (bicyclic) bond motifs is 3. The van der Waals surface area contributed by atoms with Gasteiger partial charge in [0, 0.05) is 40.8 Å². The van der Waals surface area contributed by atoms with Crippen LogP contribution in [-0.2, 0) is 0 Å². The molecular formula is C18H15N5O3. The van der Waals surface area contributed by atoms with Crippen molar-refractivity contribution in [3.05, 3.63) is 52.6 Å². The standard InChI is InChI=1S/C18H15N5O3/c1-2-19-18-20-6-5-12(23-18)9-3-4-13-10(7-9)14-11(17(25)26)8-21-15(14)16(24)22-13/h3-8,21H,2H2,1H3,(H,22,24)(H,25,26)(H,19,20,23). The third kappa shape index (κ3) is 2.48. The van der Waals surface area contributed by atoms with Crippen LogP contribution in [0.3, 0.4) is 0 Å². The Morgan fingerprint density at radius 2 is 2.15 bits per heavy atom. The third-order valence-electron chi connectivity index (χ3n) is 4.16. The number of aromatic nitrogens is 4. The molecule has 0 bridgehead atoms. The molecule has 0 fully saturated rings. The molecular weight excluding hydrogens is 334 g/mol. The van der Waals surface area contributed by atoms with Crippen molar-refractivity contribution in [1.82, 2.24) is 19.9 Å². The predicted octanol–water partition coefficient (Wildman–Crippen LogP) is 2.60. The summed E-state index contributed by atoms with van der Waals surface area (Å²) < 4.78 is 0. The summed E-state index contributed by atoms with van der Waals surface area (Å²) in [7, 11) is 0. The van der Waals surface area contributed by atoms with Gasteiger partial charge in [-0.25, -0.2) is 14.8 Å². The Morgan fingerprint density at radius 3 is 2.92 bits per heavy atom. The zero-order valence-electron chi connectivity index (χ0n) is 13.8. The van der Waals surface area contributed by atoms with Crippen LogP contribution >= 0.6 is 0 Å². The van der Waals surface area contributed by atoms with Gasteiger partial charge in [-0.1, -0.05) is 6.07 Å². The molecule has 0 aliphatic rings. The normalized spacial score (nSPS) is 11.1. The number of benzene rings is 1. The van der Waals surface area contributed by atoms with Crippen molar-refractivity contribution in [3.63, 3.8) is 0 Å². The number of carboxylic acid groups (broad SMARTS) is 1. The van der Waals surface area contributed by atoms with Crippen molar-refractivity contribution in [2.45, 2.75) is 6.92 Å². The summed E-state index contributed by atoms with van der Waals surface area (Å²) in [4.78, 5) is 37.9. The summed E-state index contributed by atoms with van der Waals surface area (Å²) in [5.74, 6) is -0.574. The van der Waals surface area contributed by atoms with E-state index < -0.39 is 5.97 Å². The molecule has 0 aliphatic carbocycles. The van der Waals surface area contributed by atoms with Gasteiger partial charge in [0.2, 0.25) is 5.95 Å². The summed E-state index contributed by atoms with van der Waals surface area (Å²) in [6.07, 6.45) is 2.99. The fourth-order valence-corrected chi connectivity index (χ4v) is 3.02. The highest BCUT2D eigenvalue weighted by Crippen LogP contribution is 2.29. The maximum atomic E-state index is 12.2. The summed E-state index contributed by atoms with van der Waals surface area (Å²) in [6, 6.07) is 7.18. The molecule has 8 heteroatoms. The SMILES string of the molecule is CCNc1nccc(-c2ccc3[nH]c(=O)c4[nH]cc(C(=O)O)c4c3c2)n1. The van der Waals surface area contributed by atoms with Gasteiger partial charge in [-0.3, -0.25) is 4.79 Å². The van der Waals surface area contributed by atoms with E-state index in [9.17, 15) is 14.7 Å². The second kappa shape index (κ2) is 5.99. The molecule has 0 spiro atoms. The first-order valence-corrected chi connectivity index (χ1v) is 8.06. The van der Waals surface area contributed by atoms with Crippen molar-refractivity contribution in [2.75, 3.05) is 11.9 Å². The number of carboxylic acids is 1. The second-order valence-corrected chi connectivity index (χ2v) is 5.77. The van der Waals surface area contributed by atoms with Gasteiger partial charge in [0.05, 0.1) is 11.3 Å². The molecule has 3 heterocycles. The molecule has 26 heavy (non-hydrogen) atoms. The van der Waals surface area contributed by atoms with Crippen LogP contribution in [0.5, 0.6) is 0 Å². The Kier molecular flexibility index (Phi) is 3.65. The first kappa shape index (κ1) is 15.8. The molecule has 4 N–H and O–H groups in total. The van der Waals surface area contributed by atoms with E-state index in [-0.39, 0.29) is 16.6 Å². The van der Waals surface area contributed by atoms with Crippen molar-refractivity contribution in [1.29, 1.82) is 0 Å². The fraction of sp³-hybridized carbons (Fsp3) is 0.111. The largest absolute Gasteiger partial charge is 0.478 e. The number of carbonyl (C=O) groups is 1. The Bertz CT molecular complexity index is 1210. The van der Waals surface area contributed by atoms with E-state index in [1.54, 1.807) is 18.3 Å². The van der Waals surface area contributed by atoms with Crippen molar-refractivity contribution >= 4 is 33.7 Å². The number of H-pyrrole nitrogens is 2. The molecule has 0 amide bonds. The van der Waals surface area contributed by atoms with Crippen molar-refractivity contribution < 1.29 is 9.90 Å². The van der Waals surface area contributed by atoms with E-state index in [1.807, 2.05) is 19.1 Å². The molecule has 0 unspecified atom stereocenters. The summed E-state index contributed by atoms with van der Waals surface area (Å²) in [5.41, 5.74) is 2.00. The minimum atomic E-state index is -1.09. The molecule has 8 nitrogen and oxygen atoms in total. The molecule has 4 aromatic rings. The lowest BCUT2D eigenvalue weighted by atomic mass is 10.0. The zero-order valence-corrected chi connectivity index (χ0v) is 13.8. The molecule has 130 valence electrons. The lowest BCUT2D eigenvalue weighted by Gasteiger charge is -2.07. The van der Waals surface area contributed by atoms with Crippen LogP contribution in [0.4, 0.5) is 5.95 Å². The minimum Gasteiger partial charge on any atom is -0.478 e. The summed E-state index contributed by atoms with van der Waals surface area (Å²) >= 11 is 0. The van der Waals surface area contributed by atoms with E-state index in [1.165, 1.54) is 6.20 Å². The number of hydrogen-bond donors (Lipinski definition) is 4.